The Bertz CT molecular complexity index is 951. The van der Waals surface area contributed by atoms with Crippen molar-refractivity contribution in [1.29, 1.82) is 0 Å². The van der Waals surface area contributed by atoms with E-state index in [9.17, 15) is 4.79 Å². The Morgan fingerprint density at radius 3 is 2.43 bits per heavy atom. The number of aryl methyl sites for hydroxylation is 1. The smallest absolute Gasteiger partial charge is 0.233 e. The Kier molecular flexibility index (Phi) is 8.92. The Hall–Kier alpha value is -1.86. The van der Waals surface area contributed by atoms with Crippen molar-refractivity contribution in [3.05, 3.63) is 52.5 Å². The molecule has 3 aromatic rings. The van der Waals surface area contributed by atoms with Gasteiger partial charge in [-0.05, 0) is 63.3 Å². The Balaban J connectivity index is 0.00000320. The van der Waals surface area contributed by atoms with E-state index in [-0.39, 0.29) is 18.3 Å². The molecule has 1 heterocycles. The number of nitrogens with zero attached hydrogens (tertiary/aromatic N) is 3. The van der Waals surface area contributed by atoms with Gasteiger partial charge in [0.15, 0.2) is 5.13 Å². The maximum absolute atomic E-state index is 13.2. The molecule has 0 atom stereocenters. The quantitative estimate of drug-likeness (QED) is 0.455. The average molecular weight is 468 g/mol. The molecule has 1 aromatic heterocycles. The summed E-state index contributed by atoms with van der Waals surface area (Å²) >= 11 is 7.86. The number of hydrogen-bond acceptors (Lipinski definition) is 5. The van der Waals surface area contributed by atoms with E-state index in [1.807, 2.05) is 57.4 Å². The van der Waals surface area contributed by atoms with E-state index in [1.54, 1.807) is 12.0 Å². The number of rotatable bonds is 8. The SMILES string of the molecule is COc1ccc(CC(=O)N(CCCN(C)C)c2nc3c(C)ccc(Cl)c3s2)cc1.Cl. The van der Waals surface area contributed by atoms with E-state index < -0.39 is 0 Å². The molecular formula is C22H27Cl2N3O2S. The molecule has 0 N–H and O–H groups in total. The van der Waals surface area contributed by atoms with E-state index in [2.05, 4.69) is 4.90 Å². The zero-order chi connectivity index (χ0) is 21.0. The second kappa shape index (κ2) is 11.0. The predicted octanol–water partition coefficient (Wildman–Crippen LogP) is 5.22. The fourth-order valence-electron chi connectivity index (χ4n) is 3.09. The van der Waals surface area contributed by atoms with Crippen LogP contribution >= 0.6 is 35.3 Å². The van der Waals surface area contributed by atoms with Gasteiger partial charge >= 0.3 is 0 Å². The van der Waals surface area contributed by atoms with Crippen molar-refractivity contribution < 1.29 is 9.53 Å². The number of benzene rings is 2. The number of thiazole rings is 1. The number of anilines is 1. The molecule has 0 saturated heterocycles. The van der Waals surface area contributed by atoms with Gasteiger partial charge in [-0.1, -0.05) is 41.1 Å². The maximum Gasteiger partial charge on any atom is 0.233 e. The first-order chi connectivity index (χ1) is 13.9. The molecule has 3 rings (SSSR count). The van der Waals surface area contributed by atoms with Crippen LogP contribution in [-0.2, 0) is 11.2 Å². The monoisotopic (exact) mass is 467 g/mol. The lowest BCUT2D eigenvalue weighted by molar-refractivity contribution is -0.118. The first-order valence-electron chi connectivity index (χ1n) is 9.52. The van der Waals surface area contributed by atoms with Crippen molar-refractivity contribution in [2.24, 2.45) is 0 Å². The fraction of sp³-hybridized carbons (Fsp3) is 0.364. The summed E-state index contributed by atoms with van der Waals surface area (Å²) in [4.78, 5) is 21.9. The number of amides is 1. The highest BCUT2D eigenvalue weighted by Crippen LogP contribution is 2.36. The highest BCUT2D eigenvalue weighted by atomic mass is 35.5. The zero-order valence-electron chi connectivity index (χ0n) is 17.6. The average Bonchev–Trinajstić information content (AvgIpc) is 3.15. The third kappa shape index (κ3) is 5.85. The molecule has 0 aliphatic carbocycles. The minimum Gasteiger partial charge on any atom is -0.497 e. The van der Waals surface area contributed by atoms with Crippen molar-refractivity contribution in [3.63, 3.8) is 0 Å². The fourth-order valence-corrected chi connectivity index (χ4v) is 4.45. The van der Waals surface area contributed by atoms with E-state index in [0.717, 1.165) is 40.1 Å². The van der Waals surface area contributed by atoms with Gasteiger partial charge in [-0.2, -0.15) is 0 Å². The molecule has 1 amide bonds. The predicted molar refractivity (Wildman–Crippen MR) is 129 cm³/mol. The van der Waals surface area contributed by atoms with Crippen LogP contribution < -0.4 is 9.64 Å². The van der Waals surface area contributed by atoms with Gasteiger partial charge in [-0.3, -0.25) is 9.69 Å². The van der Waals surface area contributed by atoms with Gasteiger partial charge in [0.05, 0.1) is 28.8 Å². The first-order valence-corrected chi connectivity index (χ1v) is 10.7. The molecule has 5 nitrogen and oxygen atoms in total. The van der Waals surface area contributed by atoms with Crippen LogP contribution in [0.4, 0.5) is 5.13 Å². The van der Waals surface area contributed by atoms with Gasteiger partial charge < -0.3 is 9.64 Å². The third-order valence-corrected chi connectivity index (χ3v) is 6.26. The first kappa shape index (κ1) is 24.4. The summed E-state index contributed by atoms with van der Waals surface area (Å²) in [6, 6.07) is 11.4. The lowest BCUT2D eigenvalue weighted by Crippen LogP contribution is -2.34. The molecule has 0 bridgehead atoms. The molecule has 0 radical (unpaired) electrons. The Labute approximate surface area is 193 Å². The van der Waals surface area contributed by atoms with E-state index in [0.29, 0.717) is 23.1 Å². The van der Waals surface area contributed by atoms with Crippen LogP contribution in [0.2, 0.25) is 5.02 Å². The summed E-state index contributed by atoms with van der Waals surface area (Å²) in [5.41, 5.74) is 2.87. The minimum absolute atomic E-state index is 0. The molecule has 162 valence electrons. The normalized spacial score (nSPS) is 10.9. The second-order valence-electron chi connectivity index (χ2n) is 7.27. The Morgan fingerprint density at radius 2 is 1.83 bits per heavy atom. The molecule has 0 spiro atoms. The molecule has 0 saturated carbocycles. The summed E-state index contributed by atoms with van der Waals surface area (Å²) < 4.78 is 6.13. The van der Waals surface area contributed by atoms with Gasteiger partial charge in [0, 0.05) is 6.54 Å². The van der Waals surface area contributed by atoms with Crippen LogP contribution in [0.1, 0.15) is 17.5 Å². The van der Waals surface area contributed by atoms with E-state index in [1.165, 1.54) is 11.3 Å². The third-order valence-electron chi connectivity index (χ3n) is 4.72. The van der Waals surface area contributed by atoms with Crippen LogP contribution in [0.3, 0.4) is 0 Å². The van der Waals surface area contributed by atoms with Crippen molar-refractivity contribution in [2.45, 2.75) is 19.8 Å². The number of carbonyl (C=O) groups excluding carboxylic acids is 1. The number of ether oxygens (including phenoxy) is 1. The lowest BCUT2D eigenvalue weighted by atomic mass is 10.1. The number of fused-ring (bicyclic) bond motifs is 1. The van der Waals surface area contributed by atoms with Crippen LogP contribution in [0, 0.1) is 6.92 Å². The van der Waals surface area contributed by atoms with Crippen LogP contribution in [0.15, 0.2) is 36.4 Å². The summed E-state index contributed by atoms with van der Waals surface area (Å²) in [5, 5.41) is 1.37. The molecule has 2 aromatic carbocycles. The largest absolute Gasteiger partial charge is 0.497 e. The van der Waals surface area contributed by atoms with Gasteiger partial charge in [0.2, 0.25) is 5.91 Å². The van der Waals surface area contributed by atoms with Crippen LogP contribution in [-0.4, -0.2) is 50.1 Å². The van der Waals surface area contributed by atoms with Crippen molar-refractivity contribution in [2.75, 3.05) is 39.2 Å². The topological polar surface area (TPSA) is 45.7 Å². The highest BCUT2D eigenvalue weighted by Gasteiger charge is 2.21. The number of aromatic nitrogens is 1. The van der Waals surface area contributed by atoms with E-state index >= 15 is 0 Å². The summed E-state index contributed by atoms with van der Waals surface area (Å²) in [7, 11) is 5.70. The maximum atomic E-state index is 13.2. The van der Waals surface area contributed by atoms with Crippen molar-refractivity contribution in [3.8, 4) is 5.75 Å². The summed E-state index contributed by atoms with van der Waals surface area (Å²) in [6.45, 7) is 3.53. The molecule has 0 aliphatic heterocycles. The number of methoxy groups -OCH3 is 1. The molecule has 0 aliphatic rings. The van der Waals surface area contributed by atoms with Crippen molar-refractivity contribution >= 4 is 56.6 Å². The number of carbonyl (C=O) groups is 1. The standard InChI is InChI=1S/C22H26ClN3O2S.ClH/c1-15-6-11-18(23)21-20(15)24-22(29-21)26(13-5-12-25(2)3)19(27)14-16-7-9-17(28-4)10-8-16;/h6-11H,5,12-14H2,1-4H3;1H. The highest BCUT2D eigenvalue weighted by molar-refractivity contribution is 7.23. The molecule has 30 heavy (non-hydrogen) atoms. The van der Waals surface area contributed by atoms with Crippen LogP contribution in [0.25, 0.3) is 10.2 Å². The summed E-state index contributed by atoms with van der Waals surface area (Å²) in [6.07, 6.45) is 1.18. The molecule has 0 fully saturated rings. The second-order valence-corrected chi connectivity index (χ2v) is 8.65. The van der Waals surface area contributed by atoms with Gasteiger partial charge in [0.25, 0.3) is 0 Å². The zero-order valence-corrected chi connectivity index (χ0v) is 20.0. The molecular weight excluding hydrogens is 441 g/mol. The van der Waals surface area contributed by atoms with Crippen molar-refractivity contribution in [1.82, 2.24) is 9.88 Å². The van der Waals surface area contributed by atoms with Gasteiger partial charge in [-0.25, -0.2) is 4.98 Å². The van der Waals surface area contributed by atoms with E-state index in [4.69, 9.17) is 21.3 Å². The summed E-state index contributed by atoms with van der Waals surface area (Å²) in [5.74, 6) is 0.807. The lowest BCUT2D eigenvalue weighted by Gasteiger charge is -2.21. The minimum atomic E-state index is 0. The number of hydrogen-bond donors (Lipinski definition) is 0. The molecule has 8 heteroatoms. The number of halogens is 2. The Morgan fingerprint density at radius 1 is 1.13 bits per heavy atom. The van der Waals surface area contributed by atoms with Crippen LogP contribution in [0.5, 0.6) is 5.75 Å². The van der Waals surface area contributed by atoms with Gasteiger partial charge in [0.1, 0.15) is 5.75 Å². The van der Waals surface area contributed by atoms with Gasteiger partial charge in [-0.15, -0.1) is 12.4 Å². The molecule has 0 unspecified atom stereocenters.